The molecule has 0 aromatic heterocycles. The van der Waals surface area contributed by atoms with Crippen LogP contribution in [0.2, 0.25) is 0 Å². The van der Waals surface area contributed by atoms with Gasteiger partial charge in [0, 0.05) is 0 Å². The summed E-state index contributed by atoms with van der Waals surface area (Å²) in [5.74, 6) is 0.588. The number of benzene rings is 3. The summed E-state index contributed by atoms with van der Waals surface area (Å²) in [5.41, 5.74) is 1.55. The Kier molecular flexibility index (Phi) is 6.18. The molecule has 1 aliphatic heterocycles. The summed E-state index contributed by atoms with van der Waals surface area (Å²) in [5, 5.41) is 2.99. The average Bonchev–Trinajstić information content (AvgIpc) is 2.83. The van der Waals surface area contributed by atoms with Gasteiger partial charge in [-0.1, -0.05) is 60.7 Å². The van der Waals surface area contributed by atoms with E-state index in [9.17, 15) is 9.59 Å². The maximum absolute atomic E-state index is 13.9. The van der Waals surface area contributed by atoms with Crippen LogP contribution in [0, 0.1) is 0 Å². The molecule has 2 amide bonds. The molecule has 1 fully saturated rings. The molecule has 3 aromatic carbocycles. The lowest BCUT2D eigenvalue weighted by Gasteiger charge is -2.51. The highest BCUT2D eigenvalue weighted by atomic mass is 16.5. The summed E-state index contributed by atoms with van der Waals surface area (Å²) in [4.78, 5) is 28.4. The number of carbonyl (C=O) groups excluding carboxylic acids is 2. The minimum atomic E-state index is -1.22. The van der Waals surface area contributed by atoms with E-state index in [1.54, 1.807) is 38.5 Å². The maximum atomic E-state index is 13.9. The Balaban J connectivity index is 1.83. The monoisotopic (exact) mass is 442 g/mol. The molecule has 0 spiro atoms. The van der Waals surface area contributed by atoms with Gasteiger partial charge in [-0.15, -0.1) is 0 Å². The summed E-state index contributed by atoms with van der Waals surface area (Å²) in [6.07, 6.45) is 1.98. The summed E-state index contributed by atoms with van der Waals surface area (Å²) < 4.78 is 10.9. The van der Waals surface area contributed by atoms with Gasteiger partial charge in [-0.25, -0.2) is 0 Å². The zero-order valence-electron chi connectivity index (χ0n) is 18.9. The molecule has 33 heavy (non-hydrogen) atoms. The van der Waals surface area contributed by atoms with Crippen LogP contribution >= 0.6 is 0 Å². The second-order valence-corrected chi connectivity index (χ2v) is 7.83. The Bertz CT molecular complexity index is 1210. The minimum absolute atomic E-state index is 0.0429. The second-order valence-electron chi connectivity index (χ2n) is 7.83. The number of nitrogens with zero attached hydrogens (tertiary/aromatic N) is 1. The van der Waals surface area contributed by atoms with E-state index in [1.165, 1.54) is 4.90 Å². The molecular formula is C27H26N2O4. The molecule has 168 valence electrons. The molecule has 0 radical (unpaired) electrons. The van der Waals surface area contributed by atoms with Crippen molar-refractivity contribution >= 4 is 29.3 Å². The zero-order valence-corrected chi connectivity index (χ0v) is 18.9. The van der Waals surface area contributed by atoms with Crippen LogP contribution in [0.15, 0.2) is 84.4 Å². The lowest BCUT2D eigenvalue weighted by Crippen LogP contribution is -2.70. The molecule has 6 heteroatoms. The molecule has 1 aliphatic rings. The van der Waals surface area contributed by atoms with Crippen molar-refractivity contribution < 1.29 is 19.1 Å². The Labute approximate surface area is 193 Å². The topological polar surface area (TPSA) is 67.9 Å². The van der Waals surface area contributed by atoms with Crippen molar-refractivity contribution in [3.05, 3.63) is 90.0 Å². The van der Waals surface area contributed by atoms with Crippen LogP contribution in [0.1, 0.15) is 18.9 Å². The maximum Gasteiger partial charge on any atom is 0.255 e. The largest absolute Gasteiger partial charge is 0.495 e. The number of anilines is 2. The molecule has 1 saturated heterocycles. The summed E-state index contributed by atoms with van der Waals surface area (Å²) >= 11 is 0. The molecule has 0 aliphatic carbocycles. The number of para-hydroxylation sites is 4. The number of methoxy groups -OCH3 is 2. The average molecular weight is 443 g/mol. The van der Waals surface area contributed by atoms with Gasteiger partial charge in [0.25, 0.3) is 5.91 Å². The molecule has 1 heterocycles. The third-order valence-electron chi connectivity index (χ3n) is 5.93. The van der Waals surface area contributed by atoms with Crippen molar-refractivity contribution in [2.24, 2.45) is 0 Å². The summed E-state index contributed by atoms with van der Waals surface area (Å²) in [6, 6.07) is 24.1. The predicted molar refractivity (Wildman–Crippen MR) is 130 cm³/mol. The SMILES string of the molecule is COc1ccccc1NC(=O)C1(C(C)=Cc2ccccc2)CC(=O)N1c1ccccc1OC. The third kappa shape index (κ3) is 3.96. The van der Waals surface area contributed by atoms with E-state index in [0.29, 0.717) is 22.9 Å². The second kappa shape index (κ2) is 9.20. The van der Waals surface area contributed by atoms with E-state index in [-0.39, 0.29) is 18.2 Å². The highest BCUT2D eigenvalue weighted by Crippen LogP contribution is 2.46. The van der Waals surface area contributed by atoms with Crippen LogP contribution in [0.3, 0.4) is 0 Å². The number of β-lactam (4-membered cyclic amide) rings is 1. The highest BCUT2D eigenvalue weighted by Gasteiger charge is 2.59. The van der Waals surface area contributed by atoms with E-state index in [2.05, 4.69) is 5.32 Å². The van der Waals surface area contributed by atoms with Crippen molar-refractivity contribution in [1.29, 1.82) is 0 Å². The first-order valence-corrected chi connectivity index (χ1v) is 10.7. The molecule has 1 N–H and O–H groups in total. The van der Waals surface area contributed by atoms with E-state index in [0.717, 1.165) is 11.1 Å². The van der Waals surface area contributed by atoms with Crippen LogP contribution < -0.4 is 19.7 Å². The predicted octanol–water partition coefficient (Wildman–Crippen LogP) is 4.92. The van der Waals surface area contributed by atoms with Gasteiger partial charge in [-0.05, 0) is 42.3 Å². The highest BCUT2D eigenvalue weighted by molar-refractivity contribution is 6.20. The van der Waals surface area contributed by atoms with Gasteiger partial charge in [-0.2, -0.15) is 0 Å². The van der Waals surface area contributed by atoms with E-state index in [4.69, 9.17) is 9.47 Å². The Hall–Kier alpha value is -4.06. The van der Waals surface area contributed by atoms with Gasteiger partial charge in [0.2, 0.25) is 5.91 Å². The molecule has 4 rings (SSSR count). The quantitative estimate of drug-likeness (QED) is 0.528. The minimum Gasteiger partial charge on any atom is -0.495 e. The van der Waals surface area contributed by atoms with Crippen LogP contribution in [0.4, 0.5) is 11.4 Å². The van der Waals surface area contributed by atoms with Gasteiger partial charge in [-0.3, -0.25) is 14.5 Å². The number of amides is 2. The number of ether oxygens (including phenoxy) is 2. The number of hydrogen-bond donors (Lipinski definition) is 1. The first kappa shape index (κ1) is 22.1. The molecule has 0 bridgehead atoms. The van der Waals surface area contributed by atoms with Crippen molar-refractivity contribution in [2.45, 2.75) is 18.9 Å². The lowest BCUT2D eigenvalue weighted by molar-refractivity contribution is -0.135. The van der Waals surface area contributed by atoms with Gasteiger partial charge < -0.3 is 14.8 Å². The lowest BCUT2D eigenvalue weighted by atomic mass is 9.75. The number of rotatable bonds is 7. The van der Waals surface area contributed by atoms with Crippen LogP contribution in [-0.2, 0) is 9.59 Å². The van der Waals surface area contributed by atoms with E-state index >= 15 is 0 Å². The van der Waals surface area contributed by atoms with Gasteiger partial charge >= 0.3 is 0 Å². The Morgan fingerprint density at radius 1 is 0.909 bits per heavy atom. The van der Waals surface area contributed by atoms with Gasteiger partial charge in [0.15, 0.2) is 5.54 Å². The molecule has 3 aromatic rings. The fourth-order valence-corrected chi connectivity index (χ4v) is 4.22. The van der Waals surface area contributed by atoms with Crippen molar-refractivity contribution in [3.63, 3.8) is 0 Å². The summed E-state index contributed by atoms with van der Waals surface area (Å²) in [6.45, 7) is 1.88. The number of hydrogen-bond acceptors (Lipinski definition) is 4. The van der Waals surface area contributed by atoms with Crippen LogP contribution in [0.5, 0.6) is 11.5 Å². The Morgan fingerprint density at radius 3 is 2.18 bits per heavy atom. The first-order valence-electron chi connectivity index (χ1n) is 10.7. The molecule has 0 saturated carbocycles. The third-order valence-corrected chi connectivity index (χ3v) is 5.93. The molecular weight excluding hydrogens is 416 g/mol. The van der Waals surface area contributed by atoms with Crippen LogP contribution in [0.25, 0.3) is 6.08 Å². The van der Waals surface area contributed by atoms with Crippen LogP contribution in [-0.4, -0.2) is 31.6 Å². The molecule has 1 atom stereocenters. The summed E-state index contributed by atoms with van der Waals surface area (Å²) in [7, 11) is 3.10. The first-order chi connectivity index (χ1) is 16.0. The standard InChI is InChI=1S/C27H26N2O4/c1-19(17-20-11-5-4-6-12-20)27(26(31)28-21-13-7-9-15-23(21)32-2)18-25(30)29(27)22-14-8-10-16-24(22)33-3/h4-17H,18H2,1-3H3,(H,28,31). The zero-order chi connectivity index (χ0) is 23.4. The molecule has 6 nitrogen and oxygen atoms in total. The van der Waals surface area contributed by atoms with Gasteiger partial charge in [0.05, 0.1) is 32.0 Å². The normalized spacial score (nSPS) is 17.8. The fourth-order valence-electron chi connectivity index (χ4n) is 4.22. The molecule has 1 unspecified atom stereocenters. The van der Waals surface area contributed by atoms with Crippen molar-refractivity contribution in [2.75, 3.05) is 24.4 Å². The van der Waals surface area contributed by atoms with E-state index in [1.807, 2.05) is 67.6 Å². The number of carbonyl (C=O) groups is 2. The van der Waals surface area contributed by atoms with Crippen molar-refractivity contribution in [1.82, 2.24) is 0 Å². The fraction of sp³-hybridized carbons (Fsp3) is 0.185. The van der Waals surface area contributed by atoms with Crippen molar-refractivity contribution in [3.8, 4) is 11.5 Å². The number of nitrogens with one attached hydrogen (secondary N) is 1. The van der Waals surface area contributed by atoms with E-state index < -0.39 is 5.54 Å². The van der Waals surface area contributed by atoms with Gasteiger partial charge in [0.1, 0.15) is 11.5 Å². The smallest absolute Gasteiger partial charge is 0.255 e. The Morgan fingerprint density at radius 2 is 1.52 bits per heavy atom.